The Balaban J connectivity index is 0.000000345. The molecule has 13 heteroatoms. The molecule has 0 aromatic carbocycles. The number of carboxylic acids is 1. The van der Waals surface area contributed by atoms with Crippen LogP contribution in [0.3, 0.4) is 0 Å². The topological polar surface area (TPSA) is 140 Å². The number of carbonyl (C=O) groups is 3. The van der Waals surface area contributed by atoms with Crippen molar-refractivity contribution in [2.45, 2.75) is 6.18 Å². The number of hydrogen-bond donors (Lipinski definition) is 3. The molecule has 3 rings (SSSR count). The van der Waals surface area contributed by atoms with Gasteiger partial charge in [-0.3, -0.25) is 14.6 Å². The lowest BCUT2D eigenvalue weighted by Gasteiger charge is -2.03. The highest BCUT2D eigenvalue weighted by Crippen LogP contribution is 2.23. The second-order valence-corrected chi connectivity index (χ2v) is 6.09. The fourth-order valence-electron chi connectivity index (χ4n) is 2.00. The van der Waals surface area contributed by atoms with E-state index in [1.54, 1.807) is 35.6 Å². The average molecular weight is 415 g/mol. The van der Waals surface area contributed by atoms with Gasteiger partial charge in [0.25, 0.3) is 11.8 Å². The number of hydrogen-bond acceptors (Lipinski definition) is 6. The zero-order valence-electron chi connectivity index (χ0n) is 14.0. The number of aromatic nitrogens is 3. The molecule has 0 fully saturated rings. The zero-order valence-corrected chi connectivity index (χ0v) is 14.8. The molecule has 0 aliphatic rings. The smallest absolute Gasteiger partial charge is 0.475 e. The number of nitrogens with zero attached hydrogens (tertiary/aromatic N) is 3. The molecular formula is C15H12F3N5O4S. The molecule has 0 spiro atoms. The summed E-state index contributed by atoms with van der Waals surface area (Å²) in [5.74, 6) is -3.70. The maximum absolute atomic E-state index is 12.3. The highest BCUT2D eigenvalue weighted by molar-refractivity contribution is 7.17. The minimum Gasteiger partial charge on any atom is -0.475 e. The Morgan fingerprint density at radius 1 is 1.18 bits per heavy atom. The van der Waals surface area contributed by atoms with Crippen molar-refractivity contribution in [3.05, 3.63) is 41.3 Å². The lowest BCUT2D eigenvalue weighted by molar-refractivity contribution is -0.192. The quantitative estimate of drug-likeness (QED) is 0.598. The summed E-state index contributed by atoms with van der Waals surface area (Å²) >= 11 is 1.34. The van der Waals surface area contributed by atoms with Crippen molar-refractivity contribution in [2.24, 2.45) is 12.8 Å². The van der Waals surface area contributed by atoms with Crippen LogP contribution in [-0.2, 0) is 11.8 Å². The van der Waals surface area contributed by atoms with E-state index in [1.807, 2.05) is 0 Å². The number of thiophene rings is 1. The van der Waals surface area contributed by atoms with Gasteiger partial charge in [0.05, 0.1) is 16.8 Å². The third-order valence-electron chi connectivity index (χ3n) is 3.16. The van der Waals surface area contributed by atoms with Crippen LogP contribution >= 0.6 is 11.3 Å². The summed E-state index contributed by atoms with van der Waals surface area (Å²) in [5, 5.41) is 11.5. The second-order valence-electron chi connectivity index (χ2n) is 5.23. The van der Waals surface area contributed by atoms with Crippen LogP contribution in [0.5, 0.6) is 0 Å². The van der Waals surface area contributed by atoms with Gasteiger partial charge < -0.3 is 20.7 Å². The van der Waals surface area contributed by atoms with Gasteiger partial charge in [-0.2, -0.15) is 13.2 Å². The van der Waals surface area contributed by atoms with Crippen molar-refractivity contribution in [1.82, 2.24) is 14.5 Å². The first-order valence-corrected chi connectivity index (χ1v) is 8.14. The van der Waals surface area contributed by atoms with E-state index in [4.69, 9.17) is 15.6 Å². The molecule has 0 atom stereocenters. The monoisotopic (exact) mass is 415 g/mol. The number of carboxylic acid groups (broad SMARTS) is 1. The van der Waals surface area contributed by atoms with Gasteiger partial charge in [0.15, 0.2) is 0 Å². The number of amides is 2. The number of alkyl halides is 3. The molecule has 0 aliphatic heterocycles. The Bertz CT molecular complexity index is 1040. The van der Waals surface area contributed by atoms with E-state index in [-0.39, 0.29) is 11.5 Å². The molecule has 28 heavy (non-hydrogen) atoms. The highest BCUT2D eigenvalue weighted by Gasteiger charge is 2.38. The molecule has 148 valence electrons. The maximum atomic E-state index is 12.3. The number of nitrogens with one attached hydrogen (secondary N) is 1. The molecule has 0 aliphatic carbocycles. The number of primary amides is 1. The fourth-order valence-corrected chi connectivity index (χ4v) is 2.84. The van der Waals surface area contributed by atoms with E-state index in [1.165, 1.54) is 17.5 Å². The maximum Gasteiger partial charge on any atom is 0.490 e. The van der Waals surface area contributed by atoms with Crippen LogP contribution in [0.2, 0.25) is 0 Å². The molecule has 3 aromatic heterocycles. The first kappa shape index (κ1) is 20.8. The van der Waals surface area contributed by atoms with Crippen LogP contribution in [0.1, 0.15) is 20.7 Å². The van der Waals surface area contributed by atoms with Gasteiger partial charge in [0, 0.05) is 37.2 Å². The Morgan fingerprint density at radius 3 is 2.36 bits per heavy atom. The van der Waals surface area contributed by atoms with Crippen LogP contribution in [0.15, 0.2) is 30.2 Å². The van der Waals surface area contributed by atoms with Crippen molar-refractivity contribution in [3.8, 4) is 0 Å². The normalized spacial score (nSPS) is 10.9. The van der Waals surface area contributed by atoms with E-state index in [9.17, 15) is 22.8 Å². The largest absolute Gasteiger partial charge is 0.490 e. The van der Waals surface area contributed by atoms with Crippen molar-refractivity contribution >= 4 is 45.2 Å². The van der Waals surface area contributed by atoms with Crippen LogP contribution < -0.4 is 11.1 Å². The first-order valence-electron chi connectivity index (χ1n) is 7.26. The zero-order chi connectivity index (χ0) is 21.1. The summed E-state index contributed by atoms with van der Waals surface area (Å²) in [5.41, 5.74) is 6.88. The SMILES string of the molecule is Cn1cc(NC(=O)c2csc3nccnc23)c(C(N)=O)c1.O=C(O)C(F)(F)F. The van der Waals surface area contributed by atoms with Crippen molar-refractivity contribution in [2.75, 3.05) is 5.32 Å². The minimum absolute atomic E-state index is 0.261. The predicted octanol–water partition coefficient (Wildman–Crippen LogP) is 2.01. The third kappa shape index (κ3) is 4.82. The van der Waals surface area contributed by atoms with Gasteiger partial charge in [-0.05, 0) is 0 Å². The van der Waals surface area contributed by atoms with E-state index in [0.29, 0.717) is 21.6 Å². The Morgan fingerprint density at radius 2 is 1.79 bits per heavy atom. The molecule has 9 nitrogen and oxygen atoms in total. The Hall–Kier alpha value is -3.48. The number of nitrogens with two attached hydrogens (primary N) is 1. The number of carbonyl (C=O) groups excluding carboxylic acids is 2. The number of anilines is 1. The van der Waals surface area contributed by atoms with Crippen LogP contribution in [0.25, 0.3) is 10.3 Å². The highest BCUT2D eigenvalue weighted by atomic mass is 32.1. The molecule has 3 heterocycles. The summed E-state index contributed by atoms with van der Waals surface area (Å²) in [6, 6.07) is 0. The lowest BCUT2D eigenvalue weighted by atomic mass is 10.2. The van der Waals surface area contributed by atoms with E-state index in [0.717, 1.165) is 0 Å². The lowest BCUT2D eigenvalue weighted by Crippen LogP contribution is -2.21. The Kier molecular flexibility index (Phi) is 5.98. The summed E-state index contributed by atoms with van der Waals surface area (Å²) in [7, 11) is 1.74. The number of aliphatic carboxylic acids is 1. The van der Waals surface area contributed by atoms with Gasteiger partial charge in [-0.1, -0.05) is 0 Å². The molecule has 0 saturated carbocycles. The van der Waals surface area contributed by atoms with Crippen LogP contribution in [-0.4, -0.2) is 43.6 Å². The van der Waals surface area contributed by atoms with E-state index in [2.05, 4.69) is 15.3 Å². The van der Waals surface area contributed by atoms with Crippen molar-refractivity contribution in [1.29, 1.82) is 0 Å². The second kappa shape index (κ2) is 8.04. The van der Waals surface area contributed by atoms with Gasteiger partial charge in [0.2, 0.25) is 0 Å². The summed E-state index contributed by atoms with van der Waals surface area (Å²) in [6.07, 6.45) is 1.20. The van der Waals surface area contributed by atoms with Gasteiger partial charge in [-0.15, -0.1) is 11.3 Å². The standard InChI is InChI=1S/C13H11N5O2S.C2HF3O2/c1-18-4-7(11(14)19)9(5-18)17-12(20)8-6-21-13-10(8)15-2-3-16-13;3-2(4,5)1(6)7/h2-6H,1H3,(H2,14,19)(H,17,20);(H,6,7). The molecule has 0 unspecified atom stereocenters. The summed E-state index contributed by atoms with van der Waals surface area (Å²) in [6.45, 7) is 0. The summed E-state index contributed by atoms with van der Waals surface area (Å²) < 4.78 is 33.4. The summed E-state index contributed by atoms with van der Waals surface area (Å²) in [4.78, 5) is 41.6. The van der Waals surface area contributed by atoms with Gasteiger partial charge in [-0.25, -0.2) is 9.78 Å². The van der Waals surface area contributed by atoms with Crippen molar-refractivity contribution in [3.63, 3.8) is 0 Å². The fraction of sp³-hybridized carbons (Fsp3) is 0.133. The van der Waals surface area contributed by atoms with E-state index >= 15 is 0 Å². The van der Waals surface area contributed by atoms with Gasteiger partial charge >= 0.3 is 12.1 Å². The molecule has 4 N–H and O–H groups in total. The van der Waals surface area contributed by atoms with Crippen molar-refractivity contribution < 1.29 is 32.7 Å². The van der Waals surface area contributed by atoms with Gasteiger partial charge in [0.1, 0.15) is 10.3 Å². The third-order valence-corrected chi connectivity index (χ3v) is 4.04. The van der Waals surface area contributed by atoms with Crippen LogP contribution in [0, 0.1) is 0 Å². The molecular weight excluding hydrogens is 403 g/mol. The number of rotatable bonds is 3. The average Bonchev–Trinajstić information content (AvgIpc) is 3.18. The molecule has 0 bridgehead atoms. The first-order chi connectivity index (χ1) is 13.0. The molecule has 0 saturated heterocycles. The molecule has 2 amide bonds. The number of halogens is 3. The molecule has 3 aromatic rings. The Labute approximate surface area is 158 Å². The number of fused-ring (bicyclic) bond motifs is 1. The van der Waals surface area contributed by atoms with E-state index < -0.39 is 18.1 Å². The molecule has 0 radical (unpaired) electrons. The minimum atomic E-state index is -5.08. The van der Waals surface area contributed by atoms with Crippen LogP contribution in [0.4, 0.5) is 18.9 Å². The number of aryl methyl sites for hydroxylation is 1. The predicted molar refractivity (Wildman–Crippen MR) is 93.0 cm³/mol.